The van der Waals surface area contributed by atoms with E-state index in [1.807, 2.05) is 18.9 Å². The van der Waals surface area contributed by atoms with Crippen molar-refractivity contribution in [2.24, 2.45) is 12.8 Å². The number of likely N-dealkylation sites (tertiary alicyclic amines) is 1. The number of rotatable bonds is 4. The highest BCUT2D eigenvalue weighted by Gasteiger charge is 2.41. The number of nitrogens with two attached hydrogens (primary N) is 1. The summed E-state index contributed by atoms with van der Waals surface area (Å²) in [6.45, 7) is 4.70. The van der Waals surface area contributed by atoms with Crippen molar-refractivity contribution >= 4 is 5.91 Å². The third-order valence-electron chi connectivity index (χ3n) is 3.64. The Bertz CT molecular complexity index is 483. The third kappa shape index (κ3) is 2.20. The quantitative estimate of drug-likeness (QED) is 0.872. The molecular weight excluding hydrogens is 244 g/mol. The molecule has 1 aromatic rings. The lowest BCUT2D eigenvalue weighted by Gasteiger charge is -2.27. The zero-order valence-electron chi connectivity index (χ0n) is 12.0. The van der Waals surface area contributed by atoms with Crippen molar-refractivity contribution in [3.8, 4) is 5.88 Å². The van der Waals surface area contributed by atoms with Crippen molar-refractivity contribution in [2.45, 2.75) is 38.8 Å². The molecule has 1 amide bonds. The van der Waals surface area contributed by atoms with Crippen LogP contribution in [0.15, 0.2) is 0 Å². The maximum Gasteiger partial charge on any atom is 0.224 e. The van der Waals surface area contributed by atoms with Gasteiger partial charge < -0.3 is 15.4 Å². The van der Waals surface area contributed by atoms with Crippen LogP contribution in [0.3, 0.4) is 0 Å². The zero-order chi connectivity index (χ0) is 14.2. The molecule has 2 N–H and O–H groups in total. The van der Waals surface area contributed by atoms with Gasteiger partial charge in [0.05, 0.1) is 24.4 Å². The number of carbonyl (C=O) groups excluding carboxylic acids is 1. The van der Waals surface area contributed by atoms with Gasteiger partial charge in [0.1, 0.15) is 0 Å². The van der Waals surface area contributed by atoms with Crippen molar-refractivity contribution in [1.82, 2.24) is 14.7 Å². The Hall–Kier alpha value is -1.56. The molecule has 2 atom stereocenters. The molecular formula is C13H22N4O2. The average Bonchev–Trinajstić information content (AvgIpc) is 2.77. The van der Waals surface area contributed by atoms with Crippen LogP contribution in [0.4, 0.5) is 0 Å². The van der Waals surface area contributed by atoms with E-state index in [0.29, 0.717) is 18.8 Å². The van der Waals surface area contributed by atoms with E-state index < -0.39 is 0 Å². The fourth-order valence-corrected chi connectivity index (χ4v) is 2.93. The smallest absolute Gasteiger partial charge is 0.224 e. The number of methoxy groups -OCH3 is 1. The predicted molar refractivity (Wildman–Crippen MR) is 71.8 cm³/mol. The molecule has 0 bridgehead atoms. The molecule has 0 aliphatic carbocycles. The summed E-state index contributed by atoms with van der Waals surface area (Å²) in [4.78, 5) is 13.9. The van der Waals surface area contributed by atoms with Crippen LogP contribution in [0.1, 0.15) is 37.1 Å². The minimum atomic E-state index is -0.198. The number of amides is 1. The van der Waals surface area contributed by atoms with E-state index in [0.717, 1.165) is 17.7 Å². The molecule has 2 unspecified atom stereocenters. The van der Waals surface area contributed by atoms with E-state index in [4.69, 9.17) is 10.5 Å². The first-order valence-corrected chi connectivity index (χ1v) is 6.63. The molecule has 0 saturated carbocycles. The summed E-state index contributed by atoms with van der Waals surface area (Å²) in [7, 11) is 3.45. The lowest BCUT2D eigenvalue weighted by Crippen LogP contribution is -2.34. The number of aryl methyl sites for hydroxylation is 2. The summed E-state index contributed by atoms with van der Waals surface area (Å²) in [5.74, 6) is 0.804. The molecule has 6 heteroatoms. The van der Waals surface area contributed by atoms with Crippen molar-refractivity contribution in [2.75, 3.05) is 13.7 Å². The van der Waals surface area contributed by atoms with Crippen LogP contribution >= 0.6 is 0 Å². The van der Waals surface area contributed by atoms with E-state index in [1.165, 1.54) is 0 Å². The molecule has 6 nitrogen and oxygen atoms in total. The maximum absolute atomic E-state index is 12.1. The van der Waals surface area contributed by atoms with Crippen LogP contribution in [0.5, 0.6) is 5.88 Å². The molecule has 2 rings (SSSR count). The molecule has 0 aromatic carbocycles. The van der Waals surface area contributed by atoms with Gasteiger partial charge in [-0.2, -0.15) is 5.10 Å². The Labute approximate surface area is 113 Å². The Morgan fingerprint density at radius 2 is 2.21 bits per heavy atom. The van der Waals surface area contributed by atoms with Gasteiger partial charge in [-0.1, -0.05) is 6.92 Å². The molecule has 2 heterocycles. The highest BCUT2D eigenvalue weighted by atomic mass is 16.5. The highest BCUT2D eigenvalue weighted by molar-refractivity contribution is 5.80. The van der Waals surface area contributed by atoms with Crippen LogP contribution in [0, 0.1) is 6.92 Å². The summed E-state index contributed by atoms with van der Waals surface area (Å²) in [5.41, 5.74) is 7.98. The Morgan fingerprint density at radius 1 is 1.53 bits per heavy atom. The first-order valence-electron chi connectivity index (χ1n) is 6.63. The van der Waals surface area contributed by atoms with E-state index in [9.17, 15) is 4.79 Å². The molecule has 0 radical (unpaired) electrons. The molecule has 0 spiro atoms. The lowest BCUT2D eigenvalue weighted by molar-refractivity contribution is -0.129. The van der Waals surface area contributed by atoms with Crippen molar-refractivity contribution in [1.29, 1.82) is 0 Å². The van der Waals surface area contributed by atoms with Crippen molar-refractivity contribution < 1.29 is 9.53 Å². The number of carbonyl (C=O) groups is 1. The summed E-state index contributed by atoms with van der Waals surface area (Å²) >= 11 is 0. The highest BCUT2D eigenvalue weighted by Crippen LogP contribution is 2.38. The summed E-state index contributed by atoms with van der Waals surface area (Å²) in [6, 6.07) is -0.327. The van der Waals surface area contributed by atoms with Gasteiger partial charge in [0.2, 0.25) is 11.8 Å². The zero-order valence-corrected chi connectivity index (χ0v) is 12.0. The lowest BCUT2D eigenvalue weighted by atomic mass is 10.0. The molecule has 1 fully saturated rings. The molecule has 1 aromatic heterocycles. The van der Waals surface area contributed by atoms with Crippen LogP contribution in [-0.4, -0.2) is 40.3 Å². The van der Waals surface area contributed by atoms with Gasteiger partial charge in [0.15, 0.2) is 0 Å². The van der Waals surface area contributed by atoms with E-state index >= 15 is 0 Å². The van der Waals surface area contributed by atoms with Gasteiger partial charge in [-0.25, -0.2) is 4.68 Å². The van der Waals surface area contributed by atoms with E-state index in [-0.39, 0.29) is 18.0 Å². The van der Waals surface area contributed by atoms with Gasteiger partial charge >= 0.3 is 0 Å². The monoisotopic (exact) mass is 266 g/mol. The van der Waals surface area contributed by atoms with Crippen LogP contribution in [0.25, 0.3) is 0 Å². The first-order chi connectivity index (χ1) is 9.01. The number of aromatic nitrogens is 2. The second kappa shape index (κ2) is 5.21. The summed E-state index contributed by atoms with van der Waals surface area (Å²) in [6.07, 6.45) is 1.30. The number of hydrogen-bond donors (Lipinski definition) is 1. The molecule has 106 valence electrons. The third-order valence-corrected chi connectivity index (χ3v) is 3.64. The largest absolute Gasteiger partial charge is 0.481 e. The molecule has 1 aliphatic heterocycles. The van der Waals surface area contributed by atoms with E-state index in [1.54, 1.807) is 11.8 Å². The predicted octanol–water partition coefficient (Wildman–Crippen LogP) is 0.748. The van der Waals surface area contributed by atoms with Crippen molar-refractivity contribution in [3.05, 3.63) is 11.3 Å². The Balaban J connectivity index is 2.46. The number of hydrogen-bond acceptors (Lipinski definition) is 4. The number of ether oxygens (including phenoxy) is 1. The number of nitrogens with zero attached hydrogens (tertiary/aromatic N) is 3. The van der Waals surface area contributed by atoms with Crippen LogP contribution in [-0.2, 0) is 11.8 Å². The van der Waals surface area contributed by atoms with Gasteiger partial charge in [-0.15, -0.1) is 0 Å². The molecule has 19 heavy (non-hydrogen) atoms. The normalized spacial score (nSPS) is 23.2. The Kier molecular flexibility index (Phi) is 3.80. The minimum absolute atomic E-state index is 0.115. The molecule has 1 aliphatic rings. The van der Waals surface area contributed by atoms with Gasteiger partial charge in [0.25, 0.3) is 0 Å². The second-order valence-corrected chi connectivity index (χ2v) is 5.03. The summed E-state index contributed by atoms with van der Waals surface area (Å²) in [5, 5.41) is 4.38. The SMILES string of the molecule is CCCN1C(=O)CC(N)C1c1c(C)nn(C)c1OC. The average molecular weight is 266 g/mol. The topological polar surface area (TPSA) is 73.4 Å². The second-order valence-electron chi connectivity index (χ2n) is 5.03. The van der Waals surface area contributed by atoms with Gasteiger partial charge in [-0.05, 0) is 13.3 Å². The fourth-order valence-electron chi connectivity index (χ4n) is 2.93. The van der Waals surface area contributed by atoms with Gasteiger partial charge in [-0.3, -0.25) is 4.79 Å². The van der Waals surface area contributed by atoms with Crippen LogP contribution < -0.4 is 10.5 Å². The maximum atomic E-state index is 12.1. The molecule has 1 saturated heterocycles. The van der Waals surface area contributed by atoms with Crippen molar-refractivity contribution in [3.63, 3.8) is 0 Å². The minimum Gasteiger partial charge on any atom is -0.481 e. The first kappa shape index (κ1) is 13.9. The Morgan fingerprint density at radius 3 is 2.79 bits per heavy atom. The van der Waals surface area contributed by atoms with Gasteiger partial charge in [0, 0.05) is 26.1 Å². The fraction of sp³-hybridized carbons (Fsp3) is 0.692. The van der Waals surface area contributed by atoms with Crippen LogP contribution in [0.2, 0.25) is 0 Å². The van der Waals surface area contributed by atoms with E-state index in [2.05, 4.69) is 12.0 Å². The standard InChI is InChI=1S/C13H22N4O2/c1-5-6-17-10(18)7-9(14)12(17)11-8(2)15-16(3)13(11)19-4/h9,12H,5-7,14H2,1-4H3. The summed E-state index contributed by atoms with van der Waals surface area (Å²) < 4.78 is 7.13.